The van der Waals surface area contributed by atoms with Gasteiger partial charge in [0.15, 0.2) is 0 Å². The van der Waals surface area contributed by atoms with Crippen molar-refractivity contribution in [1.29, 1.82) is 0 Å². The van der Waals surface area contributed by atoms with Gasteiger partial charge in [-0.15, -0.1) is 0 Å². The number of carbonyl (C=O) groups excluding carboxylic acids is 1. The zero-order valence-corrected chi connectivity index (χ0v) is 13.4. The lowest BCUT2D eigenvalue weighted by Gasteiger charge is -2.00. The third-order valence-corrected chi connectivity index (χ3v) is 4.19. The smallest absolute Gasteiger partial charge is 0.275 e. The molecule has 94 valence electrons. The van der Waals surface area contributed by atoms with E-state index in [1.54, 1.807) is 0 Å². The van der Waals surface area contributed by atoms with Crippen molar-refractivity contribution in [3.8, 4) is 0 Å². The van der Waals surface area contributed by atoms with E-state index >= 15 is 0 Å². The molecule has 0 aliphatic carbocycles. The van der Waals surface area contributed by atoms with Gasteiger partial charge in [-0.2, -0.15) is 0 Å². The van der Waals surface area contributed by atoms with Crippen LogP contribution in [0.3, 0.4) is 0 Å². The number of hydrogen-bond acceptors (Lipinski definition) is 2. The molecular formula is C14H8BrIN2O. The fourth-order valence-corrected chi connectivity index (χ4v) is 2.77. The van der Waals surface area contributed by atoms with Crippen molar-refractivity contribution in [2.75, 3.05) is 5.32 Å². The van der Waals surface area contributed by atoms with Crippen LogP contribution in [0.5, 0.6) is 0 Å². The molecule has 0 fully saturated rings. The molecule has 1 heterocycles. The highest BCUT2D eigenvalue weighted by atomic mass is 127. The first kappa shape index (κ1) is 12.8. The predicted molar refractivity (Wildman–Crippen MR) is 88.1 cm³/mol. The van der Waals surface area contributed by atoms with Crippen molar-refractivity contribution in [3.05, 3.63) is 56.1 Å². The summed E-state index contributed by atoms with van der Waals surface area (Å²) >= 11 is 5.63. The van der Waals surface area contributed by atoms with Crippen molar-refractivity contribution >= 4 is 61.5 Å². The highest BCUT2D eigenvalue weighted by molar-refractivity contribution is 14.1. The maximum absolute atomic E-state index is 12.0. The van der Waals surface area contributed by atoms with Crippen molar-refractivity contribution in [2.24, 2.45) is 4.99 Å². The summed E-state index contributed by atoms with van der Waals surface area (Å²) in [7, 11) is 0. The number of rotatable bonds is 1. The number of carbonyl (C=O) groups is 1. The number of benzene rings is 2. The number of hydrogen-bond donors (Lipinski definition) is 1. The second-order valence-corrected chi connectivity index (χ2v) is 6.13. The molecule has 19 heavy (non-hydrogen) atoms. The van der Waals surface area contributed by atoms with E-state index < -0.39 is 0 Å². The third kappa shape index (κ3) is 2.44. The molecule has 2 aromatic carbocycles. The monoisotopic (exact) mass is 426 g/mol. The van der Waals surface area contributed by atoms with Crippen LogP contribution in [0.4, 0.5) is 11.4 Å². The van der Waals surface area contributed by atoms with Gasteiger partial charge in [0.1, 0.15) is 5.71 Å². The minimum atomic E-state index is -0.159. The Labute approximate surface area is 132 Å². The molecule has 0 spiro atoms. The molecule has 1 amide bonds. The highest BCUT2D eigenvalue weighted by Gasteiger charge is 2.26. The molecule has 2 aromatic rings. The highest BCUT2D eigenvalue weighted by Crippen LogP contribution is 2.29. The first-order chi connectivity index (χ1) is 9.15. The average molecular weight is 427 g/mol. The molecule has 3 nitrogen and oxygen atoms in total. The van der Waals surface area contributed by atoms with E-state index in [2.05, 4.69) is 48.8 Å². The number of halogens is 2. The summed E-state index contributed by atoms with van der Waals surface area (Å²) in [5, 5.41) is 2.82. The Kier molecular flexibility index (Phi) is 3.40. The van der Waals surface area contributed by atoms with E-state index in [0.717, 1.165) is 25.0 Å². The number of nitrogens with one attached hydrogen (secondary N) is 1. The van der Waals surface area contributed by atoms with Gasteiger partial charge >= 0.3 is 0 Å². The summed E-state index contributed by atoms with van der Waals surface area (Å²) in [6.45, 7) is 0. The number of anilines is 1. The number of aliphatic imine (C=N–C) groups is 1. The molecule has 1 aliphatic rings. The molecule has 0 saturated carbocycles. The molecule has 0 unspecified atom stereocenters. The van der Waals surface area contributed by atoms with Gasteiger partial charge in [-0.3, -0.25) is 4.79 Å². The van der Waals surface area contributed by atoms with Crippen LogP contribution in [0, 0.1) is 3.57 Å². The molecule has 0 aromatic heterocycles. The molecular weight excluding hydrogens is 419 g/mol. The van der Waals surface area contributed by atoms with Crippen LogP contribution in [0.25, 0.3) is 0 Å². The van der Waals surface area contributed by atoms with Gasteiger partial charge < -0.3 is 5.32 Å². The summed E-state index contributed by atoms with van der Waals surface area (Å²) in [4.78, 5) is 16.5. The summed E-state index contributed by atoms with van der Waals surface area (Å²) in [6.07, 6.45) is 0. The summed E-state index contributed by atoms with van der Waals surface area (Å²) < 4.78 is 1.95. The summed E-state index contributed by atoms with van der Waals surface area (Å²) in [5.74, 6) is -0.159. The van der Waals surface area contributed by atoms with Crippen molar-refractivity contribution < 1.29 is 4.79 Å². The quantitative estimate of drug-likeness (QED) is 0.684. The molecule has 5 heteroatoms. The van der Waals surface area contributed by atoms with Gasteiger partial charge in [0.05, 0.1) is 11.4 Å². The van der Waals surface area contributed by atoms with Crippen LogP contribution >= 0.6 is 38.5 Å². The van der Waals surface area contributed by atoms with Crippen molar-refractivity contribution in [3.63, 3.8) is 0 Å². The van der Waals surface area contributed by atoms with Crippen molar-refractivity contribution in [2.45, 2.75) is 0 Å². The zero-order valence-electron chi connectivity index (χ0n) is 9.65. The molecule has 0 radical (unpaired) electrons. The van der Waals surface area contributed by atoms with Gasteiger partial charge in [0.2, 0.25) is 0 Å². The minimum Gasteiger partial charge on any atom is -0.320 e. The Morgan fingerprint density at radius 3 is 2.74 bits per heavy atom. The van der Waals surface area contributed by atoms with Crippen LogP contribution in [0.15, 0.2) is 51.9 Å². The Morgan fingerprint density at radius 2 is 1.95 bits per heavy atom. The summed E-state index contributed by atoms with van der Waals surface area (Å²) in [6, 6.07) is 13.4. The lowest BCUT2D eigenvalue weighted by atomic mass is 10.1. The van der Waals surface area contributed by atoms with Gasteiger partial charge in [0, 0.05) is 13.6 Å². The van der Waals surface area contributed by atoms with E-state index in [0.29, 0.717) is 5.71 Å². The van der Waals surface area contributed by atoms with Crippen molar-refractivity contribution in [1.82, 2.24) is 0 Å². The van der Waals surface area contributed by atoms with E-state index in [-0.39, 0.29) is 5.91 Å². The van der Waals surface area contributed by atoms with Crippen LogP contribution in [-0.4, -0.2) is 11.6 Å². The molecule has 0 atom stereocenters. The van der Waals surface area contributed by atoms with Gasteiger partial charge in [-0.1, -0.05) is 28.1 Å². The second-order valence-electron chi connectivity index (χ2n) is 4.06. The Morgan fingerprint density at radius 1 is 1.16 bits per heavy atom. The topological polar surface area (TPSA) is 41.5 Å². The number of amides is 1. The second kappa shape index (κ2) is 5.05. The Hall–Kier alpha value is -1.21. The fourth-order valence-electron chi connectivity index (χ4n) is 1.90. The van der Waals surface area contributed by atoms with E-state index in [1.165, 1.54) is 0 Å². The first-order valence-corrected chi connectivity index (χ1v) is 7.47. The molecule has 1 N–H and O–H groups in total. The lowest BCUT2D eigenvalue weighted by molar-refractivity contribution is -0.110. The van der Waals surface area contributed by atoms with Gasteiger partial charge in [-0.25, -0.2) is 4.99 Å². The molecule has 1 aliphatic heterocycles. The largest absolute Gasteiger partial charge is 0.320 e. The van der Waals surface area contributed by atoms with E-state index in [1.807, 2.05) is 42.5 Å². The maximum atomic E-state index is 12.0. The lowest BCUT2D eigenvalue weighted by Crippen LogP contribution is -2.14. The summed E-state index contributed by atoms with van der Waals surface area (Å²) in [5.41, 5.74) is 2.90. The number of para-hydroxylation sites is 1. The van der Waals surface area contributed by atoms with E-state index in [4.69, 9.17) is 0 Å². The molecule has 0 saturated heterocycles. The minimum absolute atomic E-state index is 0.159. The first-order valence-electron chi connectivity index (χ1n) is 5.59. The zero-order chi connectivity index (χ0) is 13.4. The normalized spacial score (nSPS) is 15.5. The molecule has 0 bridgehead atoms. The SMILES string of the molecule is O=C1Nc2ccc(Br)cc2C1=Nc1ccccc1I. The van der Waals surface area contributed by atoms with Crippen LogP contribution < -0.4 is 5.32 Å². The van der Waals surface area contributed by atoms with Gasteiger partial charge in [-0.05, 0) is 52.9 Å². The number of nitrogens with zero attached hydrogens (tertiary/aromatic N) is 1. The Balaban J connectivity index is 2.14. The average Bonchev–Trinajstić information content (AvgIpc) is 2.69. The predicted octanol–water partition coefficient (Wildman–Crippen LogP) is 4.13. The third-order valence-electron chi connectivity index (χ3n) is 2.78. The van der Waals surface area contributed by atoms with Crippen LogP contribution in [0.1, 0.15) is 5.56 Å². The van der Waals surface area contributed by atoms with Gasteiger partial charge in [0.25, 0.3) is 5.91 Å². The van der Waals surface area contributed by atoms with E-state index in [9.17, 15) is 4.79 Å². The molecule has 3 rings (SSSR count). The van der Waals surface area contributed by atoms with Crippen LogP contribution in [-0.2, 0) is 4.79 Å². The standard InChI is InChI=1S/C14H8BrIN2O/c15-8-5-6-11-9(7-8)13(14(19)18-11)17-12-4-2-1-3-10(12)16/h1-7H,(H,17,18,19). The fraction of sp³-hybridized carbons (Fsp3) is 0. The number of fused-ring (bicyclic) bond motifs is 1. The Bertz CT molecular complexity index is 712. The van der Waals surface area contributed by atoms with Crippen LogP contribution in [0.2, 0.25) is 0 Å². The maximum Gasteiger partial charge on any atom is 0.275 e.